The van der Waals surface area contributed by atoms with Crippen LogP contribution in [0.3, 0.4) is 0 Å². The number of hydrogen-bond acceptors (Lipinski definition) is 1. The molecule has 0 atom stereocenters. The molecule has 0 heterocycles. The Labute approximate surface area is 127 Å². The average Bonchev–Trinajstić information content (AvgIpc) is 2.53. The molecule has 0 saturated heterocycles. The van der Waals surface area contributed by atoms with Crippen LogP contribution in [0, 0.1) is 0 Å². The molecular weight excluding hydrogens is 272 g/mol. The minimum atomic E-state index is -0.939. The number of carboxylic acid groups (broad SMARTS) is 1. The summed E-state index contributed by atoms with van der Waals surface area (Å²) in [5.41, 5.74) is 1.23. The number of carbonyl (C=O) groups is 1. The first-order chi connectivity index (χ1) is 10.6. The third-order valence-corrected chi connectivity index (χ3v) is 4.33. The van der Waals surface area contributed by atoms with E-state index in [9.17, 15) is 4.79 Å². The Morgan fingerprint density at radius 2 is 1.45 bits per heavy atom. The zero-order valence-corrected chi connectivity index (χ0v) is 12.0. The van der Waals surface area contributed by atoms with Gasteiger partial charge in [-0.05, 0) is 37.9 Å². The Hall–Kier alpha value is -2.87. The quantitative estimate of drug-likeness (QED) is 0.435. The van der Waals surface area contributed by atoms with E-state index < -0.39 is 5.97 Å². The second kappa shape index (κ2) is 4.57. The average molecular weight is 286 g/mol. The third kappa shape index (κ3) is 1.77. The molecule has 2 heteroatoms. The topological polar surface area (TPSA) is 37.3 Å². The van der Waals surface area contributed by atoms with Gasteiger partial charge in [0.05, 0.1) is 0 Å². The van der Waals surface area contributed by atoms with E-state index >= 15 is 0 Å². The molecule has 22 heavy (non-hydrogen) atoms. The van der Waals surface area contributed by atoms with E-state index in [0.29, 0.717) is 6.42 Å². The molecule has 0 amide bonds. The third-order valence-electron chi connectivity index (χ3n) is 4.33. The van der Waals surface area contributed by atoms with Gasteiger partial charge in [-0.15, -0.1) is 0 Å². The highest BCUT2D eigenvalue weighted by Crippen LogP contribution is 2.36. The molecule has 0 spiro atoms. The fourth-order valence-electron chi connectivity index (χ4n) is 3.26. The van der Waals surface area contributed by atoms with Crippen LogP contribution < -0.4 is 0 Å². The standard InChI is InChI=1S/C20H14O2/c1-12(20(21)22)11-16-8-7-15-6-5-13-3-2-4-14-9-10-17(16)19(15)18(13)14/h2-10H,1,11H2,(H,21,22). The van der Waals surface area contributed by atoms with Crippen LogP contribution in [0.2, 0.25) is 0 Å². The molecule has 0 bridgehead atoms. The minimum Gasteiger partial charge on any atom is -0.478 e. The van der Waals surface area contributed by atoms with Crippen LogP contribution in [0.4, 0.5) is 0 Å². The summed E-state index contributed by atoms with van der Waals surface area (Å²) in [6.07, 6.45) is 0.365. The summed E-state index contributed by atoms with van der Waals surface area (Å²) in [7, 11) is 0. The number of hydrogen-bond donors (Lipinski definition) is 1. The Morgan fingerprint density at radius 1 is 0.864 bits per heavy atom. The molecule has 0 radical (unpaired) electrons. The summed E-state index contributed by atoms with van der Waals surface area (Å²) in [5.74, 6) is -0.939. The van der Waals surface area contributed by atoms with Crippen LogP contribution in [0.15, 0.2) is 66.7 Å². The first-order valence-corrected chi connectivity index (χ1v) is 7.21. The van der Waals surface area contributed by atoms with Crippen molar-refractivity contribution in [3.05, 3.63) is 72.3 Å². The van der Waals surface area contributed by atoms with Gasteiger partial charge in [-0.1, -0.05) is 61.2 Å². The van der Waals surface area contributed by atoms with Crippen molar-refractivity contribution in [1.29, 1.82) is 0 Å². The van der Waals surface area contributed by atoms with Gasteiger partial charge < -0.3 is 5.11 Å². The molecule has 0 aliphatic carbocycles. The molecule has 4 rings (SSSR count). The molecule has 0 unspecified atom stereocenters. The molecule has 0 aliphatic heterocycles. The lowest BCUT2D eigenvalue weighted by atomic mass is 9.90. The van der Waals surface area contributed by atoms with E-state index in [0.717, 1.165) is 10.9 Å². The monoisotopic (exact) mass is 286 g/mol. The number of carboxylic acids is 1. The molecule has 0 fully saturated rings. The molecule has 2 nitrogen and oxygen atoms in total. The molecule has 106 valence electrons. The maximum atomic E-state index is 11.1. The Bertz CT molecular complexity index is 1030. The normalized spacial score (nSPS) is 11.5. The lowest BCUT2D eigenvalue weighted by Crippen LogP contribution is -2.02. The van der Waals surface area contributed by atoms with Gasteiger partial charge in [0.15, 0.2) is 0 Å². The number of aliphatic carboxylic acids is 1. The molecular formula is C20H14O2. The van der Waals surface area contributed by atoms with E-state index in [4.69, 9.17) is 5.11 Å². The highest BCUT2D eigenvalue weighted by atomic mass is 16.4. The number of rotatable bonds is 3. The van der Waals surface area contributed by atoms with Crippen LogP contribution in [-0.2, 0) is 11.2 Å². The highest BCUT2D eigenvalue weighted by Gasteiger charge is 2.12. The van der Waals surface area contributed by atoms with Crippen LogP contribution in [-0.4, -0.2) is 11.1 Å². The molecule has 4 aromatic carbocycles. The first-order valence-electron chi connectivity index (χ1n) is 7.21. The van der Waals surface area contributed by atoms with Crippen molar-refractivity contribution in [2.75, 3.05) is 0 Å². The SMILES string of the molecule is C=C(Cc1ccc2ccc3cccc4ccc1c2c34)C(=O)O. The predicted molar refractivity (Wildman–Crippen MR) is 90.6 cm³/mol. The predicted octanol–water partition coefficient (Wildman–Crippen LogP) is 4.77. The smallest absolute Gasteiger partial charge is 0.331 e. The van der Waals surface area contributed by atoms with Crippen LogP contribution >= 0.6 is 0 Å². The lowest BCUT2D eigenvalue weighted by molar-refractivity contribution is -0.132. The second-order valence-electron chi connectivity index (χ2n) is 5.67. The Balaban J connectivity index is 2.08. The van der Waals surface area contributed by atoms with Crippen LogP contribution in [0.1, 0.15) is 5.56 Å². The first kappa shape index (κ1) is 12.8. The fourth-order valence-corrected chi connectivity index (χ4v) is 3.26. The van der Waals surface area contributed by atoms with Gasteiger partial charge in [-0.3, -0.25) is 0 Å². The van der Waals surface area contributed by atoms with Gasteiger partial charge in [0.2, 0.25) is 0 Å². The van der Waals surface area contributed by atoms with Crippen molar-refractivity contribution in [2.24, 2.45) is 0 Å². The maximum Gasteiger partial charge on any atom is 0.331 e. The lowest BCUT2D eigenvalue weighted by Gasteiger charge is -2.13. The summed E-state index contributed by atoms with van der Waals surface area (Å²) < 4.78 is 0. The molecule has 1 N–H and O–H groups in total. The van der Waals surface area contributed by atoms with E-state index in [1.165, 1.54) is 26.9 Å². The van der Waals surface area contributed by atoms with Crippen LogP contribution in [0.25, 0.3) is 32.3 Å². The Kier molecular flexibility index (Phi) is 2.67. The zero-order valence-electron chi connectivity index (χ0n) is 12.0. The van der Waals surface area contributed by atoms with Gasteiger partial charge in [-0.2, -0.15) is 0 Å². The van der Waals surface area contributed by atoms with Crippen molar-refractivity contribution >= 4 is 38.3 Å². The highest BCUT2D eigenvalue weighted by molar-refractivity contribution is 6.23. The molecule has 4 aromatic rings. The summed E-state index contributed by atoms with van der Waals surface area (Å²) in [4.78, 5) is 11.1. The zero-order chi connectivity index (χ0) is 15.3. The second-order valence-corrected chi connectivity index (χ2v) is 5.67. The van der Waals surface area contributed by atoms with E-state index in [-0.39, 0.29) is 5.57 Å². The molecule has 0 aliphatic rings. The van der Waals surface area contributed by atoms with E-state index in [1.807, 2.05) is 6.07 Å². The van der Waals surface area contributed by atoms with Gasteiger partial charge in [-0.25, -0.2) is 4.79 Å². The van der Waals surface area contributed by atoms with Crippen molar-refractivity contribution < 1.29 is 9.90 Å². The van der Waals surface area contributed by atoms with Crippen molar-refractivity contribution in [3.63, 3.8) is 0 Å². The van der Waals surface area contributed by atoms with Crippen LogP contribution in [0.5, 0.6) is 0 Å². The van der Waals surface area contributed by atoms with Crippen molar-refractivity contribution in [2.45, 2.75) is 6.42 Å². The van der Waals surface area contributed by atoms with E-state index in [1.54, 1.807) is 0 Å². The van der Waals surface area contributed by atoms with Crippen molar-refractivity contribution in [3.8, 4) is 0 Å². The summed E-state index contributed by atoms with van der Waals surface area (Å²) >= 11 is 0. The fraction of sp³-hybridized carbons (Fsp3) is 0.0500. The Morgan fingerprint density at radius 3 is 2.14 bits per heavy atom. The maximum absolute atomic E-state index is 11.1. The van der Waals surface area contributed by atoms with Gasteiger partial charge in [0.1, 0.15) is 0 Å². The summed E-state index contributed by atoms with van der Waals surface area (Å²) in [6.45, 7) is 3.66. The largest absolute Gasteiger partial charge is 0.478 e. The van der Waals surface area contributed by atoms with Gasteiger partial charge in [0.25, 0.3) is 0 Å². The molecule has 0 aromatic heterocycles. The van der Waals surface area contributed by atoms with Crippen molar-refractivity contribution in [1.82, 2.24) is 0 Å². The minimum absolute atomic E-state index is 0.218. The number of benzene rings is 4. The van der Waals surface area contributed by atoms with E-state index in [2.05, 4.69) is 55.1 Å². The van der Waals surface area contributed by atoms with Gasteiger partial charge in [0, 0.05) is 12.0 Å². The summed E-state index contributed by atoms with van der Waals surface area (Å²) in [6, 6.07) is 18.8. The molecule has 0 saturated carbocycles. The van der Waals surface area contributed by atoms with Gasteiger partial charge >= 0.3 is 5.97 Å². The summed E-state index contributed by atoms with van der Waals surface area (Å²) in [5, 5.41) is 16.3.